The van der Waals surface area contributed by atoms with Crippen LogP contribution in [0, 0.1) is 5.92 Å². The van der Waals surface area contributed by atoms with Gasteiger partial charge in [-0.25, -0.2) is 0 Å². The molecule has 1 atom stereocenters. The predicted molar refractivity (Wildman–Crippen MR) is 132 cm³/mol. The smallest absolute Gasteiger partial charge is 0.242 e. The van der Waals surface area contributed by atoms with E-state index in [-0.39, 0.29) is 47.1 Å². The van der Waals surface area contributed by atoms with Crippen LogP contribution in [0.1, 0.15) is 81.6 Å². The van der Waals surface area contributed by atoms with Crippen molar-refractivity contribution >= 4 is 29.5 Å². The van der Waals surface area contributed by atoms with Gasteiger partial charge in [-0.15, -0.1) is 11.8 Å². The highest BCUT2D eigenvalue weighted by Crippen LogP contribution is 2.28. The number of thioether (sulfide) groups is 1. The van der Waals surface area contributed by atoms with Crippen molar-refractivity contribution in [3.05, 3.63) is 0 Å². The van der Waals surface area contributed by atoms with E-state index in [1.165, 1.54) is 23.6 Å². The van der Waals surface area contributed by atoms with Crippen LogP contribution in [0.4, 0.5) is 0 Å². The fraction of sp³-hybridized carbons (Fsp3) is 0.875. The van der Waals surface area contributed by atoms with Crippen LogP contribution in [0.2, 0.25) is 0 Å². The van der Waals surface area contributed by atoms with E-state index in [9.17, 15) is 14.4 Å². The van der Waals surface area contributed by atoms with Crippen LogP contribution in [0.15, 0.2) is 0 Å². The summed E-state index contributed by atoms with van der Waals surface area (Å²) in [6.07, 6.45) is 1.83. The number of nitrogens with one attached hydrogen (secondary N) is 1. The standard InChI is InChI=1S/C22H40N2O5S.C2H6/c1-16(2)15-29-21(4,5)8-12-28-22(6,7)9-13-30-18-14-19(26)24(20(18)27)11-10-23-17(3)25;1-2/h16,18H,8-15H2,1-7H3,(H,23,25);1-2H3. The molecule has 188 valence electrons. The molecule has 1 unspecified atom stereocenters. The van der Waals surface area contributed by atoms with Gasteiger partial charge in [-0.2, -0.15) is 0 Å². The van der Waals surface area contributed by atoms with Crippen molar-refractivity contribution in [2.45, 2.75) is 98.0 Å². The highest BCUT2D eigenvalue weighted by molar-refractivity contribution is 8.00. The second-order valence-electron chi connectivity index (χ2n) is 9.50. The molecule has 32 heavy (non-hydrogen) atoms. The molecule has 0 radical (unpaired) electrons. The van der Waals surface area contributed by atoms with Gasteiger partial charge < -0.3 is 14.8 Å². The van der Waals surface area contributed by atoms with Gasteiger partial charge in [-0.05, 0) is 52.2 Å². The Bertz CT molecular complexity index is 593. The van der Waals surface area contributed by atoms with Crippen LogP contribution in [0.25, 0.3) is 0 Å². The fourth-order valence-electron chi connectivity index (χ4n) is 2.92. The summed E-state index contributed by atoms with van der Waals surface area (Å²) < 4.78 is 12.0. The third-order valence-electron chi connectivity index (χ3n) is 4.94. The Kier molecular flexibility index (Phi) is 14.4. The maximum absolute atomic E-state index is 12.5. The second kappa shape index (κ2) is 14.9. The van der Waals surface area contributed by atoms with E-state index in [1.54, 1.807) is 0 Å². The zero-order chi connectivity index (χ0) is 24.9. The minimum Gasteiger partial charge on any atom is -0.375 e. The molecule has 3 amide bonds. The topological polar surface area (TPSA) is 84.9 Å². The fourth-order valence-corrected chi connectivity index (χ4v) is 4.34. The quantitative estimate of drug-likeness (QED) is 0.383. The number of likely N-dealkylation sites (tertiary alicyclic amines) is 1. The monoisotopic (exact) mass is 474 g/mol. The minimum absolute atomic E-state index is 0.155. The van der Waals surface area contributed by atoms with Crippen LogP contribution in [0.3, 0.4) is 0 Å². The number of rotatable bonds is 14. The minimum atomic E-state index is -0.339. The maximum atomic E-state index is 12.5. The van der Waals surface area contributed by atoms with Crippen molar-refractivity contribution in [2.24, 2.45) is 5.92 Å². The largest absolute Gasteiger partial charge is 0.375 e. The molecule has 0 aliphatic carbocycles. The van der Waals surface area contributed by atoms with Gasteiger partial charge >= 0.3 is 0 Å². The Balaban J connectivity index is 0.00000466. The molecule has 0 saturated carbocycles. The summed E-state index contributed by atoms with van der Waals surface area (Å²) in [5.41, 5.74) is -0.523. The molecular weight excluding hydrogens is 428 g/mol. The van der Waals surface area contributed by atoms with E-state index in [2.05, 4.69) is 46.9 Å². The molecule has 1 aliphatic rings. The number of carbonyl (C=O) groups is 3. The molecule has 7 nitrogen and oxygen atoms in total. The SMILES string of the molecule is CC.CC(=O)NCCN1C(=O)CC(SCCC(C)(C)OCCC(C)(C)OCC(C)C)C1=O. The highest BCUT2D eigenvalue weighted by Gasteiger charge is 2.38. The molecule has 0 bridgehead atoms. The molecule has 1 saturated heterocycles. The lowest BCUT2D eigenvalue weighted by atomic mass is 10.0. The molecule has 1 aliphatic heterocycles. The van der Waals surface area contributed by atoms with E-state index in [4.69, 9.17) is 9.47 Å². The van der Waals surface area contributed by atoms with E-state index in [0.717, 1.165) is 25.2 Å². The van der Waals surface area contributed by atoms with Crippen LogP contribution in [0.5, 0.6) is 0 Å². The first-order valence-electron chi connectivity index (χ1n) is 11.8. The Labute approximate surface area is 199 Å². The molecule has 1 heterocycles. The van der Waals surface area contributed by atoms with Crippen LogP contribution < -0.4 is 5.32 Å². The molecule has 8 heteroatoms. The van der Waals surface area contributed by atoms with E-state index in [1.807, 2.05) is 13.8 Å². The van der Waals surface area contributed by atoms with Crippen molar-refractivity contribution < 1.29 is 23.9 Å². The number of nitrogens with zero attached hydrogens (tertiary/aromatic N) is 1. The number of imide groups is 1. The van der Waals surface area contributed by atoms with Crippen LogP contribution in [-0.2, 0) is 23.9 Å². The second-order valence-corrected chi connectivity index (χ2v) is 10.8. The third-order valence-corrected chi connectivity index (χ3v) is 6.15. The number of amides is 3. The predicted octanol–water partition coefficient (Wildman–Crippen LogP) is 4.04. The first-order chi connectivity index (χ1) is 14.8. The van der Waals surface area contributed by atoms with Crippen molar-refractivity contribution in [3.63, 3.8) is 0 Å². The van der Waals surface area contributed by atoms with Gasteiger partial charge in [0.05, 0.1) is 23.1 Å². The van der Waals surface area contributed by atoms with Gasteiger partial charge in [0.2, 0.25) is 17.7 Å². The highest BCUT2D eigenvalue weighted by atomic mass is 32.2. The Morgan fingerprint density at radius 1 is 1.12 bits per heavy atom. The lowest BCUT2D eigenvalue weighted by molar-refractivity contribution is -0.138. The van der Waals surface area contributed by atoms with E-state index < -0.39 is 0 Å². The maximum Gasteiger partial charge on any atom is 0.242 e. The van der Waals surface area contributed by atoms with Crippen molar-refractivity contribution in [1.82, 2.24) is 10.2 Å². The summed E-state index contributed by atoms with van der Waals surface area (Å²) in [5.74, 6) is 0.756. The number of carbonyl (C=O) groups excluding carboxylic acids is 3. The zero-order valence-electron chi connectivity index (χ0n) is 21.7. The average molecular weight is 475 g/mol. The Hall–Kier alpha value is -1.12. The lowest BCUT2D eigenvalue weighted by Crippen LogP contribution is -2.38. The van der Waals surface area contributed by atoms with Crippen molar-refractivity contribution in [2.75, 3.05) is 32.1 Å². The summed E-state index contributed by atoms with van der Waals surface area (Å²) >= 11 is 1.51. The number of ether oxygens (including phenoxy) is 2. The van der Waals surface area contributed by atoms with Gasteiger partial charge in [0.15, 0.2) is 0 Å². The zero-order valence-corrected chi connectivity index (χ0v) is 22.5. The van der Waals surface area contributed by atoms with Crippen LogP contribution >= 0.6 is 11.8 Å². The van der Waals surface area contributed by atoms with Gasteiger partial charge in [-0.1, -0.05) is 27.7 Å². The summed E-state index contributed by atoms with van der Waals surface area (Å²) in [5, 5.41) is 2.28. The summed E-state index contributed by atoms with van der Waals surface area (Å²) in [6, 6.07) is 0. The Morgan fingerprint density at radius 2 is 1.72 bits per heavy atom. The first-order valence-corrected chi connectivity index (χ1v) is 12.9. The van der Waals surface area contributed by atoms with Gasteiger partial charge in [0.1, 0.15) is 0 Å². The number of hydrogen-bond donors (Lipinski definition) is 1. The molecule has 1 fully saturated rings. The Morgan fingerprint density at radius 3 is 2.28 bits per heavy atom. The van der Waals surface area contributed by atoms with E-state index >= 15 is 0 Å². The van der Waals surface area contributed by atoms with Crippen molar-refractivity contribution in [1.29, 1.82) is 0 Å². The number of hydrogen-bond acceptors (Lipinski definition) is 6. The molecule has 0 aromatic heterocycles. The van der Waals surface area contributed by atoms with E-state index in [0.29, 0.717) is 19.1 Å². The first kappa shape index (κ1) is 30.9. The molecule has 1 N–H and O–H groups in total. The summed E-state index contributed by atoms with van der Waals surface area (Å²) in [6.45, 7) is 19.8. The molecule has 1 rings (SSSR count). The van der Waals surface area contributed by atoms with Crippen molar-refractivity contribution in [3.8, 4) is 0 Å². The lowest BCUT2D eigenvalue weighted by Gasteiger charge is -2.30. The van der Waals surface area contributed by atoms with Gasteiger partial charge in [-0.3, -0.25) is 19.3 Å². The third kappa shape index (κ3) is 12.8. The van der Waals surface area contributed by atoms with Gasteiger partial charge in [0.25, 0.3) is 0 Å². The molecule has 0 spiro atoms. The average Bonchev–Trinajstić information content (AvgIpc) is 2.95. The molecule has 0 aromatic rings. The molecular formula is C24H46N2O5S. The molecule has 0 aromatic carbocycles. The normalized spacial score (nSPS) is 16.9. The van der Waals surface area contributed by atoms with Crippen LogP contribution in [-0.4, -0.2) is 71.1 Å². The van der Waals surface area contributed by atoms with Gasteiger partial charge in [0, 0.05) is 33.0 Å². The summed E-state index contributed by atoms with van der Waals surface area (Å²) in [7, 11) is 0. The summed E-state index contributed by atoms with van der Waals surface area (Å²) in [4.78, 5) is 36.8.